The van der Waals surface area contributed by atoms with E-state index in [1.165, 1.54) is 5.56 Å². The minimum atomic E-state index is -0.0212. The van der Waals surface area contributed by atoms with E-state index in [0.29, 0.717) is 0 Å². The lowest BCUT2D eigenvalue weighted by molar-refractivity contribution is 0.993. The van der Waals surface area contributed by atoms with E-state index < -0.39 is 0 Å². The average Bonchev–Trinajstić information content (AvgIpc) is 2.50. The van der Waals surface area contributed by atoms with E-state index in [9.17, 15) is 4.79 Å². The van der Waals surface area contributed by atoms with Gasteiger partial charge >= 0.3 is 0 Å². The summed E-state index contributed by atoms with van der Waals surface area (Å²) in [5.74, 6) is 0. The van der Waals surface area contributed by atoms with Crippen molar-refractivity contribution in [2.45, 2.75) is 6.92 Å². The quantitative estimate of drug-likeness (QED) is 0.687. The molecule has 0 fully saturated rings. The second-order valence-electron chi connectivity index (χ2n) is 4.83. The Balaban J connectivity index is 2.12. The maximum absolute atomic E-state index is 12.0. The van der Waals surface area contributed by atoms with Crippen molar-refractivity contribution in [1.82, 2.24) is 4.57 Å². The van der Waals surface area contributed by atoms with Crippen LogP contribution in [0.1, 0.15) is 5.56 Å². The molecule has 2 aromatic carbocycles. The Bertz CT molecular complexity index is 771. The van der Waals surface area contributed by atoms with Crippen LogP contribution in [-0.2, 0) is 0 Å². The molecule has 2 heteroatoms. The molecule has 0 N–H and O–H groups in total. The zero-order chi connectivity index (χ0) is 13.9. The molecule has 1 aromatic heterocycles. The predicted octanol–water partition coefficient (Wildman–Crippen LogP) is 3.81. The molecule has 0 unspecified atom stereocenters. The second kappa shape index (κ2) is 5.17. The summed E-state index contributed by atoms with van der Waals surface area (Å²) in [6, 6.07) is 21.4. The van der Waals surface area contributed by atoms with Crippen molar-refractivity contribution in [2.24, 2.45) is 0 Å². The third kappa shape index (κ3) is 2.41. The Morgan fingerprint density at radius 1 is 0.750 bits per heavy atom. The normalized spacial score (nSPS) is 10.4. The largest absolute Gasteiger partial charge is 0.284 e. The third-order valence-corrected chi connectivity index (χ3v) is 3.33. The number of para-hydroxylation sites is 1. The summed E-state index contributed by atoms with van der Waals surface area (Å²) in [6.07, 6.45) is 1.89. The van der Waals surface area contributed by atoms with Crippen LogP contribution < -0.4 is 5.56 Å². The molecular weight excluding hydrogens is 246 g/mol. The maximum Gasteiger partial charge on any atom is 0.255 e. The lowest BCUT2D eigenvalue weighted by Crippen LogP contribution is -2.16. The number of aromatic nitrogens is 1. The molecule has 0 saturated carbocycles. The Labute approximate surface area is 118 Å². The molecule has 0 aliphatic rings. The first-order valence-electron chi connectivity index (χ1n) is 6.59. The van der Waals surface area contributed by atoms with Gasteiger partial charge in [0.2, 0.25) is 0 Å². The number of benzene rings is 2. The molecule has 0 aliphatic heterocycles. The van der Waals surface area contributed by atoms with Crippen molar-refractivity contribution in [1.29, 1.82) is 0 Å². The third-order valence-electron chi connectivity index (χ3n) is 3.33. The molecule has 0 saturated heterocycles. The zero-order valence-corrected chi connectivity index (χ0v) is 11.3. The molecule has 0 radical (unpaired) electrons. The summed E-state index contributed by atoms with van der Waals surface area (Å²) in [6.45, 7) is 2.06. The number of rotatable bonds is 2. The summed E-state index contributed by atoms with van der Waals surface area (Å²) in [4.78, 5) is 12.0. The van der Waals surface area contributed by atoms with Crippen LogP contribution in [0, 0.1) is 6.92 Å². The monoisotopic (exact) mass is 261 g/mol. The van der Waals surface area contributed by atoms with Crippen LogP contribution >= 0.6 is 0 Å². The molecule has 3 rings (SSSR count). The van der Waals surface area contributed by atoms with Crippen molar-refractivity contribution in [3.8, 4) is 16.8 Å². The lowest BCUT2D eigenvalue weighted by Gasteiger charge is -2.08. The summed E-state index contributed by atoms with van der Waals surface area (Å²) in [7, 11) is 0. The molecule has 0 atom stereocenters. The van der Waals surface area contributed by atoms with Gasteiger partial charge in [-0.1, -0.05) is 48.0 Å². The molecule has 2 nitrogen and oxygen atoms in total. The van der Waals surface area contributed by atoms with Gasteiger partial charge in [0.25, 0.3) is 5.56 Å². The number of pyridine rings is 1. The topological polar surface area (TPSA) is 22.0 Å². The van der Waals surface area contributed by atoms with E-state index in [0.717, 1.165) is 16.8 Å². The zero-order valence-electron chi connectivity index (χ0n) is 11.3. The molecular formula is C18H15NO. The van der Waals surface area contributed by atoms with Gasteiger partial charge in [-0.05, 0) is 36.2 Å². The summed E-state index contributed by atoms with van der Waals surface area (Å²) >= 11 is 0. The first kappa shape index (κ1) is 12.4. The van der Waals surface area contributed by atoms with Crippen molar-refractivity contribution >= 4 is 0 Å². The van der Waals surface area contributed by atoms with E-state index in [-0.39, 0.29) is 5.56 Å². The predicted molar refractivity (Wildman–Crippen MR) is 82.2 cm³/mol. The van der Waals surface area contributed by atoms with Gasteiger partial charge in [-0.3, -0.25) is 9.36 Å². The van der Waals surface area contributed by atoms with Crippen LogP contribution in [0.15, 0.2) is 77.7 Å². The van der Waals surface area contributed by atoms with Gasteiger partial charge in [0.1, 0.15) is 0 Å². The first-order valence-corrected chi connectivity index (χ1v) is 6.59. The second-order valence-corrected chi connectivity index (χ2v) is 4.83. The molecule has 20 heavy (non-hydrogen) atoms. The smallest absolute Gasteiger partial charge is 0.255 e. The first-order chi connectivity index (χ1) is 9.74. The maximum atomic E-state index is 12.0. The number of hydrogen-bond donors (Lipinski definition) is 0. The molecule has 0 spiro atoms. The fourth-order valence-electron chi connectivity index (χ4n) is 2.19. The number of aryl methyl sites for hydroxylation is 1. The van der Waals surface area contributed by atoms with Gasteiger partial charge in [0, 0.05) is 18.0 Å². The Kier molecular flexibility index (Phi) is 3.21. The molecule has 3 aromatic rings. The highest BCUT2D eigenvalue weighted by Crippen LogP contribution is 2.19. The fraction of sp³-hybridized carbons (Fsp3) is 0.0556. The van der Waals surface area contributed by atoms with Gasteiger partial charge in [-0.15, -0.1) is 0 Å². The molecule has 0 bridgehead atoms. The Morgan fingerprint density at radius 2 is 1.40 bits per heavy atom. The molecule has 0 amide bonds. The van der Waals surface area contributed by atoms with Crippen LogP contribution in [-0.4, -0.2) is 4.57 Å². The average molecular weight is 261 g/mol. The highest BCUT2D eigenvalue weighted by atomic mass is 16.1. The van der Waals surface area contributed by atoms with E-state index in [2.05, 4.69) is 31.2 Å². The standard InChI is InChI=1S/C18H15NO/c1-14-7-9-15(10-8-14)16-11-12-18(20)19(13-16)17-5-3-2-4-6-17/h2-13H,1H3. The fourth-order valence-corrected chi connectivity index (χ4v) is 2.19. The highest BCUT2D eigenvalue weighted by Gasteiger charge is 2.03. The SMILES string of the molecule is Cc1ccc(-c2ccc(=O)n(-c3ccccc3)c2)cc1. The van der Waals surface area contributed by atoms with E-state index >= 15 is 0 Å². The van der Waals surface area contributed by atoms with E-state index in [1.807, 2.05) is 42.6 Å². The Hall–Kier alpha value is -2.61. The van der Waals surface area contributed by atoms with Crippen LogP contribution in [0.2, 0.25) is 0 Å². The highest BCUT2D eigenvalue weighted by molar-refractivity contribution is 5.63. The molecule has 98 valence electrons. The van der Waals surface area contributed by atoms with Crippen molar-refractivity contribution in [2.75, 3.05) is 0 Å². The van der Waals surface area contributed by atoms with Crippen LogP contribution in [0.5, 0.6) is 0 Å². The van der Waals surface area contributed by atoms with Gasteiger partial charge in [-0.2, -0.15) is 0 Å². The van der Waals surface area contributed by atoms with Crippen molar-refractivity contribution < 1.29 is 0 Å². The minimum absolute atomic E-state index is 0.0212. The van der Waals surface area contributed by atoms with Crippen LogP contribution in [0.4, 0.5) is 0 Å². The van der Waals surface area contributed by atoms with E-state index in [1.54, 1.807) is 10.6 Å². The van der Waals surface area contributed by atoms with Crippen molar-refractivity contribution in [3.63, 3.8) is 0 Å². The summed E-state index contributed by atoms with van der Waals surface area (Å²) in [5.41, 5.74) is 4.23. The van der Waals surface area contributed by atoms with Gasteiger partial charge in [0.05, 0.1) is 0 Å². The van der Waals surface area contributed by atoms with Gasteiger partial charge in [0.15, 0.2) is 0 Å². The molecule has 0 aliphatic carbocycles. The minimum Gasteiger partial charge on any atom is -0.284 e. The Morgan fingerprint density at radius 3 is 2.10 bits per heavy atom. The van der Waals surface area contributed by atoms with Crippen LogP contribution in [0.3, 0.4) is 0 Å². The lowest BCUT2D eigenvalue weighted by atomic mass is 10.1. The summed E-state index contributed by atoms with van der Waals surface area (Å²) < 4.78 is 1.68. The van der Waals surface area contributed by atoms with Gasteiger partial charge < -0.3 is 0 Å². The van der Waals surface area contributed by atoms with Crippen molar-refractivity contribution in [3.05, 3.63) is 88.8 Å². The van der Waals surface area contributed by atoms with E-state index in [4.69, 9.17) is 0 Å². The number of nitrogens with zero attached hydrogens (tertiary/aromatic N) is 1. The summed E-state index contributed by atoms with van der Waals surface area (Å²) in [5, 5.41) is 0. The van der Waals surface area contributed by atoms with Gasteiger partial charge in [-0.25, -0.2) is 0 Å². The van der Waals surface area contributed by atoms with Crippen LogP contribution in [0.25, 0.3) is 16.8 Å². The number of hydrogen-bond acceptors (Lipinski definition) is 1. The molecule has 1 heterocycles.